The van der Waals surface area contributed by atoms with Crippen molar-refractivity contribution in [3.63, 3.8) is 0 Å². The number of aromatic amines is 1. The second-order valence-electron chi connectivity index (χ2n) is 5.64. The molecule has 1 aliphatic rings. The number of carbonyl (C=O) groups is 1. The minimum atomic E-state index is -0.0942. The highest BCUT2D eigenvalue weighted by Gasteiger charge is 2.24. The molecule has 0 saturated heterocycles. The van der Waals surface area contributed by atoms with Crippen LogP contribution in [0.4, 0.5) is 5.69 Å². The Morgan fingerprint density at radius 1 is 1.22 bits per heavy atom. The molecule has 0 bridgehead atoms. The van der Waals surface area contributed by atoms with Crippen molar-refractivity contribution in [2.75, 3.05) is 5.32 Å². The predicted octanol–water partition coefficient (Wildman–Crippen LogP) is 4.88. The van der Waals surface area contributed by atoms with E-state index < -0.39 is 0 Å². The van der Waals surface area contributed by atoms with Crippen molar-refractivity contribution >= 4 is 45.7 Å². The van der Waals surface area contributed by atoms with E-state index in [0.717, 1.165) is 34.1 Å². The van der Waals surface area contributed by atoms with Gasteiger partial charge < -0.3 is 10.3 Å². The van der Waals surface area contributed by atoms with Crippen LogP contribution in [0.2, 0.25) is 5.02 Å². The number of aryl methyl sites for hydroxylation is 1. The number of benzene rings is 2. The van der Waals surface area contributed by atoms with Crippen LogP contribution in [0.15, 0.2) is 42.6 Å². The average molecular weight is 323 g/mol. The number of para-hydroxylation sites is 1. The molecule has 0 saturated carbocycles. The molecule has 0 atom stereocenters. The summed E-state index contributed by atoms with van der Waals surface area (Å²) in [7, 11) is 0. The topological polar surface area (TPSA) is 44.9 Å². The molecule has 1 aliphatic heterocycles. The number of amides is 1. The summed E-state index contributed by atoms with van der Waals surface area (Å²) in [6, 6.07) is 11.7. The zero-order valence-electron chi connectivity index (χ0n) is 12.6. The molecule has 2 aromatic carbocycles. The first-order valence-electron chi connectivity index (χ1n) is 7.59. The van der Waals surface area contributed by atoms with E-state index in [2.05, 4.69) is 35.4 Å². The van der Waals surface area contributed by atoms with E-state index in [-0.39, 0.29) is 5.91 Å². The van der Waals surface area contributed by atoms with Gasteiger partial charge in [0, 0.05) is 44.5 Å². The van der Waals surface area contributed by atoms with Gasteiger partial charge in [0.05, 0.1) is 0 Å². The summed E-state index contributed by atoms with van der Waals surface area (Å²) in [6.07, 6.45) is 4.84. The molecule has 0 unspecified atom stereocenters. The molecule has 1 aromatic heterocycles. The van der Waals surface area contributed by atoms with Crippen LogP contribution in [-0.2, 0) is 11.2 Å². The molecule has 3 nitrogen and oxygen atoms in total. The number of hydrogen-bond acceptors (Lipinski definition) is 1. The van der Waals surface area contributed by atoms with Gasteiger partial charge in [0.25, 0.3) is 5.91 Å². The van der Waals surface area contributed by atoms with Crippen LogP contribution in [0.25, 0.3) is 22.6 Å². The maximum atomic E-state index is 12.3. The molecule has 3 aromatic rings. The van der Waals surface area contributed by atoms with Gasteiger partial charge in [0.2, 0.25) is 0 Å². The molecule has 4 heteroatoms. The lowest BCUT2D eigenvalue weighted by Gasteiger charge is -2.01. The van der Waals surface area contributed by atoms with Crippen LogP contribution in [0, 0.1) is 0 Å². The van der Waals surface area contributed by atoms with Crippen molar-refractivity contribution in [3.8, 4) is 0 Å². The summed E-state index contributed by atoms with van der Waals surface area (Å²) in [4.78, 5) is 15.6. The highest BCUT2D eigenvalue weighted by atomic mass is 35.5. The van der Waals surface area contributed by atoms with Gasteiger partial charge in [-0.1, -0.05) is 36.7 Å². The van der Waals surface area contributed by atoms with Crippen molar-refractivity contribution in [2.24, 2.45) is 0 Å². The number of rotatable bonds is 2. The van der Waals surface area contributed by atoms with E-state index in [1.54, 1.807) is 6.07 Å². The molecular weight excluding hydrogens is 308 g/mol. The van der Waals surface area contributed by atoms with Gasteiger partial charge in [-0.15, -0.1) is 0 Å². The molecule has 114 valence electrons. The fraction of sp³-hybridized carbons (Fsp3) is 0.105. The highest BCUT2D eigenvalue weighted by molar-refractivity contribution is 6.37. The Morgan fingerprint density at radius 3 is 2.91 bits per heavy atom. The standard InChI is InChI=1S/C19H15ClN2O/c1-2-11-4-3-5-14-12(10-21-18(11)14)8-16-15-9-13(20)6-7-17(15)22-19(16)23/h3-10,21H,2H2,1H3,(H,22,23). The van der Waals surface area contributed by atoms with Crippen LogP contribution >= 0.6 is 11.6 Å². The van der Waals surface area contributed by atoms with E-state index in [0.29, 0.717) is 10.6 Å². The minimum Gasteiger partial charge on any atom is -0.360 e. The summed E-state index contributed by atoms with van der Waals surface area (Å²) in [6.45, 7) is 2.14. The van der Waals surface area contributed by atoms with Gasteiger partial charge >= 0.3 is 0 Å². The Labute approximate surface area is 139 Å². The Hall–Kier alpha value is -2.52. The van der Waals surface area contributed by atoms with Gasteiger partial charge in [0.15, 0.2) is 0 Å². The predicted molar refractivity (Wildman–Crippen MR) is 95.6 cm³/mol. The number of hydrogen-bond donors (Lipinski definition) is 2. The van der Waals surface area contributed by atoms with Crippen LogP contribution in [0.3, 0.4) is 0 Å². The number of aromatic nitrogens is 1. The van der Waals surface area contributed by atoms with Gasteiger partial charge in [-0.2, -0.15) is 0 Å². The van der Waals surface area contributed by atoms with Crippen molar-refractivity contribution in [2.45, 2.75) is 13.3 Å². The summed E-state index contributed by atoms with van der Waals surface area (Å²) >= 11 is 6.08. The Kier molecular flexibility index (Phi) is 3.24. The fourth-order valence-electron chi connectivity index (χ4n) is 3.11. The summed E-state index contributed by atoms with van der Waals surface area (Å²) in [5.41, 5.74) is 5.71. The summed E-state index contributed by atoms with van der Waals surface area (Å²) < 4.78 is 0. The maximum absolute atomic E-state index is 12.3. The van der Waals surface area contributed by atoms with Crippen molar-refractivity contribution < 1.29 is 4.79 Å². The Morgan fingerprint density at radius 2 is 2.09 bits per heavy atom. The number of nitrogens with one attached hydrogen (secondary N) is 2. The number of carbonyl (C=O) groups excluding carboxylic acids is 1. The smallest absolute Gasteiger partial charge is 0.256 e. The second-order valence-corrected chi connectivity index (χ2v) is 6.08. The number of H-pyrrole nitrogens is 1. The normalized spacial score (nSPS) is 15.2. The van der Waals surface area contributed by atoms with Gasteiger partial charge in [0.1, 0.15) is 0 Å². The number of fused-ring (bicyclic) bond motifs is 2. The molecular formula is C19H15ClN2O. The third kappa shape index (κ3) is 2.25. The minimum absolute atomic E-state index is 0.0942. The molecule has 23 heavy (non-hydrogen) atoms. The van der Waals surface area contributed by atoms with Crippen LogP contribution < -0.4 is 5.32 Å². The Balaban J connectivity index is 1.89. The van der Waals surface area contributed by atoms with E-state index in [4.69, 9.17) is 11.6 Å². The fourth-order valence-corrected chi connectivity index (χ4v) is 3.28. The molecule has 0 aliphatic carbocycles. The van der Waals surface area contributed by atoms with Gasteiger partial charge in [-0.05, 0) is 36.3 Å². The van der Waals surface area contributed by atoms with E-state index in [1.165, 1.54) is 5.56 Å². The molecule has 2 N–H and O–H groups in total. The number of anilines is 1. The molecule has 0 fully saturated rings. The monoisotopic (exact) mass is 322 g/mol. The molecule has 0 radical (unpaired) electrons. The Bertz CT molecular complexity index is 969. The SMILES string of the molecule is CCc1cccc2c(C=C3C(=O)Nc4ccc(Cl)cc43)c[nH]c12. The quantitative estimate of drug-likeness (QED) is 0.649. The zero-order valence-corrected chi connectivity index (χ0v) is 13.4. The maximum Gasteiger partial charge on any atom is 0.256 e. The summed E-state index contributed by atoms with van der Waals surface area (Å²) in [5, 5.41) is 4.63. The molecule has 0 spiro atoms. The van der Waals surface area contributed by atoms with E-state index in [9.17, 15) is 4.79 Å². The van der Waals surface area contributed by atoms with Crippen molar-refractivity contribution in [1.29, 1.82) is 0 Å². The first kappa shape index (κ1) is 14.1. The third-order valence-electron chi connectivity index (χ3n) is 4.28. The zero-order chi connectivity index (χ0) is 16.0. The van der Waals surface area contributed by atoms with Crippen LogP contribution in [0.1, 0.15) is 23.6 Å². The van der Waals surface area contributed by atoms with Gasteiger partial charge in [-0.3, -0.25) is 4.79 Å². The molecule has 4 rings (SSSR count). The third-order valence-corrected chi connectivity index (χ3v) is 4.51. The first-order chi connectivity index (χ1) is 11.2. The lowest BCUT2D eigenvalue weighted by molar-refractivity contribution is -0.110. The van der Waals surface area contributed by atoms with Crippen molar-refractivity contribution in [1.82, 2.24) is 4.98 Å². The number of halogens is 1. The van der Waals surface area contributed by atoms with Crippen molar-refractivity contribution in [3.05, 3.63) is 64.3 Å². The van der Waals surface area contributed by atoms with Gasteiger partial charge in [-0.25, -0.2) is 0 Å². The van der Waals surface area contributed by atoms with Crippen LogP contribution in [0.5, 0.6) is 0 Å². The lowest BCUT2D eigenvalue weighted by Crippen LogP contribution is -2.03. The first-order valence-corrected chi connectivity index (χ1v) is 7.97. The lowest BCUT2D eigenvalue weighted by atomic mass is 10.0. The molecule has 1 amide bonds. The highest BCUT2D eigenvalue weighted by Crippen LogP contribution is 2.36. The molecule has 2 heterocycles. The van der Waals surface area contributed by atoms with Crippen LogP contribution in [-0.4, -0.2) is 10.9 Å². The van der Waals surface area contributed by atoms with E-state index >= 15 is 0 Å². The second kappa shape index (κ2) is 5.28. The summed E-state index contributed by atoms with van der Waals surface area (Å²) in [5.74, 6) is -0.0942. The van der Waals surface area contributed by atoms with E-state index in [1.807, 2.05) is 24.4 Å². The largest absolute Gasteiger partial charge is 0.360 e. The average Bonchev–Trinajstić information content (AvgIpc) is 3.10.